The van der Waals surface area contributed by atoms with Crippen LogP contribution in [0.1, 0.15) is 11.7 Å². The molecule has 1 unspecified atom stereocenters. The number of halogens is 2. The van der Waals surface area contributed by atoms with Gasteiger partial charge in [0.1, 0.15) is 0 Å². The van der Waals surface area contributed by atoms with E-state index in [0.717, 1.165) is 0 Å². The first-order valence-corrected chi connectivity index (χ1v) is 5.54. The Morgan fingerprint density at radius 3 is 3.06 bits per heavy atom. The van der Waals surface area contributed by atoms with Crippen LogP contribution in [0.3, 0.4) is 0 Å². The average molecular weight is 292 g/mol. The molecule has 1 aromatic rings. The summed E-state index contributed by atoms with van der Waals surface area (Å²) >= 11 is 3.21. The molecule has 2 rings (SSSR count). The van der Waals surface area contributed by atoms with E-state index in [9.17, 15) is 9.50 Å². The van der Waals surface area contributed by atoms with Crippen LogP contribution in [0.15, 0.2) is 10.5 Å². The maximum atomic E-state index is 14.0. The molecule has 1 atom stereocenters. The molecule has 0 aliphatic carbocycles. The normalized spacial score (nSPS) is 15.2. The third-order valence-electron chi connectivity index (χ3n) is 2.32. The molecule has 0 saturated heterocycles. The fraction of sp³-hybridized carbons (Fsp3) is 0.400. The third-order valence-corrected chi connectivity index (χ3v) is 2.98. The zero-order valence-electron chi connectivity index (χ0n) is 8.59. The standard InChI is InChI=1S/C10H11BrFNO3/c1-13-3-6(14)8-5(11)2-7-10(9(8)12)16-4-15-7/h2,6,13-14H,3-4H2,1H3. The number of hydrogen-bond acceptors (Lipinski definition) is 4. The predicted molar refractivity (Wildman–Crippen MR) is 59.1 cm³/mol. The Kier molecular flexibility index (Phi) is 3.32. The molecule has 0 bridgehead atoms. The van der Waals surface area contributed by atoms with Crippen molar-refractivity contribution in [2.24, 2.45) is 0 Å². The Bertz CT molecular complexity index is 414. The Labute approximate surface area is 100 Å². The quantitative estimate of drug-likeness (QED) is 0.888. The highest BCUT2D eigenvalue weighted by Gasteiger charge is 2.27. The lowest BCUT2D eigenvalue weighted by atomic mass is 10.1. The summed E-state index contributed by atoms with van der Waals surface area (Å²) in [4.78, 5) is 0. The topological polar surface area (TPSA) is 50.7 Å². The van der Waals surface area contributed by atoms with Crippen LogP contribution in [0.4, 0.5) is 4.39 Å². The molecule has 0 fully saturated rings. The number of ether oxygens (including phenoxy) is 2. The highest BCUT2D eigenvalue weighted by Crippen LogP contribution is 2.42. The highest BCUT2D eigenvalue weighted by molar-refractivity contribution is 9.10. The Morgan fingerprint density at radius 2 is 2.38 bits per heavy atom. The van der Waals surface area contributed by atoms with Crippen LogP contribution in [0.2, 0.25) is 0 Å². The summed E-state index contributed by atoms with van der Waals surface area (Å²) in [5.41, 5.74) is 0.179. The van der Waals surface area contributed by atoms with Gasteiger partial charge < -0.3 is 19.9 Å². The first-order chi connectivity index (χ1) is 7.65. The summed E-state index contributed by atoms with van der Waals surface area (Å²) in [5, 5.41) is 12.6. The number of likely N-dealkylation sites (N-methyl/N-ethyl adjacent to an activating group) is 1. The first-order valence-electron chi connectivity index (χ1n) is 4.75. The molecule has 1 heterocycles. The number of aliphatic hydroxyl groups excluding tert-OH is 1. The highest BCUT2D eigenvalue weighted by atomic mass is 79.9. The molecule has 1 aliphatic heterocycles. The van der Waals surface area contributed by atoms with Crippen LogP contribution in [0.25, 0.3) is 0 Å². The van der Waals surface area contributed by atoms with Crippen molar-refractivity contribution < 1.29 is 19.0 Å². The van der Waals surface area contributed by atoms with Crippen LogP contribution in [-0.2, 0) is 0 Å². The van der Waals surface area contributed by atoms with Crippen molar-refractivity contribution >= 4 is 15.9 Å². The van der Waals surface area contributed by atoms with Gasteiger partial charge in [0.25, 0.3) is 0 Å². The molecule has 2 N–H and O–H groups in total. The van der Waals surface area contributed by atoms with Gasteiger partial charge in [-0.2, -0.15) is 0 Å². The van der Waals surface area contributed by atoms with E-state index < -0.39 is 11.9 Å². The summed E-state index contributed by atoms with van der Waals surface area (Å²) in [6, 6.07) is 1.60. The van der Waals surface area contributed by atoms with E-state index in [2.05, 4.69) is 21.2 Å². The second-order valence-corrected chi connectivity index (χ2v) is 4.25. The Morgan fingerprint density at radius 1 is 1.62 bits per heavy atom. The fourth-order valence-electron chi connectivity index (χ4n) is 1.59. The molecule has 88 valence electrons. The zero-order valence-corrected chi connectivity index (χ0v) is 10.2. The van der Waals surface area contributed by atoms with E-state index in [1.807, 2.05) is 0 Å². The summed E-state index contributed by atoms with van der Waals surface area (Å²) in [6.07, 6.45) is -0.936. The van der Waals surface area contributed by atoms with Crippen molar-refractivity contribution in [2.45, 2.75) is 6.10 Å². The van der Waals surface area contributed by atoms with Crippen LogP contribution >= 0.6 is 15.9 Å². The number of nitrogens with one attached hydrogen (secondary N) is 1. The van der Waals surface area contributed by atoms with Crippen LogP contribution in [0.5, 0.6) is 11.5 Å². The van der Waals surface area contributed by atoms with Crippen molar-refractivity contribution in [2.75, 3.05) is 20.4 Å². The Hall–Kier alpha value is -0.850. The van der Waals surface area contributed by atoms with Gasteiger partial charge in [-0.3, -0.25) is 0 Å². The molecule has 16 heavy (non-hydrogen) atoms. The number of benzene rings is 1. The molecule has 0 spiro atoms. The van der Waals surface area contributed by atoms with Gasteiger partial charge in [-0.05, 0) is 13.1 Å². The van der Waals surface area contributed by atoms with Gasteiger partial charge in [0.15, 0.2) is 11.6 Å². The van der Waals surface area contributed by atoms with E-state index in [0.29, 0.717) is 10.2 Å². The van der Waals surface area contributed by atoms with E-state index in [-0.39, 0.29) is 24.7 Å². The van der Waals surface area contributed by atoms with Crippen molar-refractivity contribution in [1.82, 2.24) is 5.32 Å². The largest absolute Gasteiger partial charge is 0.453 e. The number of fused-ring (bicyclic) bond motifs is 1. The van der Waals surface area contributed by atoms with Crippen molar-refractivity contribution in [3.63, 3.8) is 0 Å². The molecule has 0 radical (unpaired) electrons. The summed E-state index contributed by atoms with van der Waals surface area (Å²) in [6.45, 7) is 0.263. The molecular weight excluding hydrogens is 281 g/mol. The van der Waals surface area contributed by atoms with Crippen LogP contribution in [-0.4, -0.2) is 25.5 Å². The number of hydrogen-bond donors (Lipinski definition) is 2. The third kappa shape index (κ3) is 1.88. The number of aliphatic hydroxyl groups is 1. The summed E-state index contributed by atoms with van der Waals surface area (Å²) < 4.78 is 24.5. The van der Waals surface area contributed by atoms with Gasteiger partial charge >= 0.3 is 0 Å². The van der Waals surface area contributed by atoms with Gasteiger partial charge in [-0.25, -0.2) is 4.39 Å². The first kappa shape index (κ1) is 11.6. The van der Waals surface area contributed by atoms with Crippen LogP contribution < -0.4 is 14.8 Å². The molecule has 1 aromatic carbocycles. The van der Waals surface area contributed by atoms with E-state index in [4.69, 9.17) is 9.47 Å². The molecule has 4 nitrogen and oxygen atoms in total. The van der Waals surface area contributed by atoms with Gasteiger partial charge in [-0.15, -0.1) is 0 Å². The van der Waals surface area contributed by atoms with E-state index in [1.165, 1.54) is 0 Å². The zero-order chi connectivity index (χ0) is 11.7. The summed E-state index contributed by atoms with van der Waals surface area (Å²) in [7, 11) is 1.68. The minimum Gasteiger partial charge on any atom is -0.453 e. The van der Waals surface area contributed by atoms with Gasteiger partial charge in [0.2, 0.25) is 12.5 Å². The minimum atomic E-state index is -0.936. The Balaban J connectivity index is 2.45. The van der Waals surface area contributed by atoms with Gasteiger partial charge in [0, 0.05) is 16.6 Å². The van der Waals surface area contributed by atoms with E-state index >= 15 is 0 Å². The lowest BCUT2D eigenvalue weighted by Crippen LogP contribution is -2.18. The monoisotopic (exact) mass is 291 g/mol. The molecular formula is C10H11BrFNO3. The SMILES string of the molecule is CNCC(O)c1c(Br)cc2c(c1F)OCO2. The van der Waals surface area contributed by atoms with Crippen molar-refractivity contribution in [3.05, 3.63) is 21.9 Å². The molecule has 0 amide bonds. The second kappa shape index (κ2) is 4.57. The maximum absolute atomic E-state index is 14.0. The molecule has 0 aromatic heterocycles. The number of rotatable bonds is 3. The van der Waals surface area contributed by atoms with E-state index in [1.54, 1.807) is 13.1 Å². The average Bonchev–Trinajstić information content (AvgIpc) is 2.66. The van der Waals surface area contributed by atoms with Crippen molar-refractivity contribution in [1.29, 1.82) is 0 Å². The molecule has 6 heteroatoms. The van der Waals surface area contributed by atoms with Crippen molar-refractivity contribution in [3.8, 4) is 11.5 Å². The maximum Gasteiger partial charge on any atom is 0.231 e. The van der Waals surface area contributed by atoms with Crippen LogP contribution in [0, 0.1) is 5.82 Å². The predicted octanol–water partition coefficient (Wildman–Crippen LogP) is 1.57. The minimum absolute atomic E-state index is 0.00424. The smallest absolute Gasteiger partial charge is 0.231 e. The lowest BCUT2D eigenvalue weighted by Gasteiger charge is -2.14. The second-order valence-electron chi connectivity index (χ2n) is 3.39. The molecule has 0 saturated carbocycles. The van der Waals surface area contributed by atoms with Gasteiger partial charge in [0.05, 0.1) is 6.10 Å². The lowest BCUT2D eigenvalue weighted by molar-refractivity contribution is 0.164. The fourth-order valence-corrected chi connectivity index (χ4v) is 2.23. The summed E-state index contributed by atoms with van der Waals surface area (Å²) in [5.74, 6) is -0.164. The molecule has 1 aliphatic rings. The van der Waals surface area contributed by atoms with Gasteiger partial charge in [-0.1, -0.05) is 15.9 Å².